The molecule has 0 radical (unpaired) electrons. The molecule has 1 heterocycles. The van der Waals surface area contributed by atoms with E-state index in [4.69, 9.17) is 4.74 Å². The number of carbonyl (C=O) groups excluding carboxylic acids is 1. The molecule has 0 aliphatic carbocycles. The van der Waals surface area contributed by atoms with E-state index in [1.807, 2.05) is 34.6 Å². The van der Waals surface area contributed by atoms with E-state index in [2.05, 4.69) is 15.3 Å². The van der Waals surface area contributed by atoms with Crippen molar-refractivity contribution in [1.29, 1.82) is 0 Å². The summed E-state index contributed by atoms with van der Waals surface area (Å²) < 4.78 is 32.6. The molecule has 0 aliphatic heterocycles. The Hall–Kier alpha value is -2.57. The number of rotatable bonds is 8. The van der Waals surface area contributed by atoms with Crippen LogP contribution in [0.4, 0.5) is 20.3 Å². The summed E-state index contributed by atoms with van der Waals surface area (Å²) in [6, 6.07) is 3.36. The van der Waals surface area contributed by atoms with Gasteiger partial charge in [-0.2, -0.15) is 0 Å². The molecule has 1 atom stereocenters. The average Bonchev–Trinajstić information content (AvgIpc) is 2.58. The fourth-order valence-electron chi connectivity index (χ4n) is 3.03. The molecule has 1 N–H and O–H groups in total. The van der Waals surface area contributed by atoms with E-state index in [1.165, 1.54) is 18.5 Å². The SMILES string of the molecule is CCCc1c(CC(C)CC(=O)OC(C)(C)C)ncnc1Nc1ccc(F)cc1F. The number of anilines is 2. The third-order valence-electron chi connectivity index (χ3n) is 4.20. The van der Waals surface area contributed by atoms with E-state index >= 15 is 0 Å². The molecule has 0 aliphatic rings. The molecule has 7 heteroatoms. The maximum absolute atomic E-state index is 14.0. The first kappa shape index (κ1) is 22.7. The molecule has 5 nitrogen and oxygen atoms in total. The second-order valence-corrected chi connectivity index (χ2v) is 8.25. The number of hydrogen-bond acceptors (Lipinski definition) is 5. The second-order valence-electron chi connectivity index (χ2n) is 8.25. The lowest BCUT2D eigenvalue weighted by Crippen LogP contribution is -2.25. The predicted molar refractivity (Wildman–Crippen MR) is 109 cm³/mol. The summed E-state index contributed by atoms with van der Waals surface area (Å²) in [5.41, 5.74) is 1.31. The van der Waals surface area contributed by atoms with E-state index in [0.717, 1.165) is 23.7 Å². The minimum absolute atomic E-state index is 0.0192. The molecule has 29 heavy (non-hydrogen) atoms. The van der Waals surface area contributed by atoms with E-state index in [1.54, 1.807) is 0 Å². The van der Waals surface area contributed by atoms with Gasteiger partial charge in [0.2, 0.25) is 0 Å². The van der Waals surface area contributed by atoms with Crippen LogP contribution < -0.4 is 5.32 Å². The van der Waals surface area contributed by atoms with Gasteiger partial charge in [0.25, 0.3) is 0 Å². The number of esters is 1. The van der Waals surface area contributed by atoms with E-state index in [-0.39, 0.29) is 24.0 Å². The van der Waals surface area contributed by atoms with E-state index in [0.29, 0.717) is 18.7 Å². The number of aromatic nitrogens is 2. The number of ether oxygens (including phenoxy) is 1. The van der Waals surface area contributed by atoms with Gasteiger partial charge in [-0.25, -0.2) is 18.7 Å². The molecule has 0 saturated carbocycles. The first-order valence-electron chi connectivity index (χ1n) is 9.85. The van der Waals surface area contributed by atoms with Crippen LogP contribution in [0.5, 0.6) is 0 Å². The number of benzene rings is 1. The molecule has 0 bridgehead atoms. The second kappa shape index (κ2) is 9.76. The molecule has 158 valence electrons. The Morgan fingerprint density at radius 3 is 2.59 bits per heavy atom. The van der Waals surface area contributed by atoms with Crippen molar-refractivity contribution >= 4 is 17.5 Å². The summed E-state index contributed by atoms with van der Waals surface area (Å²) in [7, 11) is 0. The van der Waals surface area contributed by atoms with Crippen LogP contribution in [0.25, 0.3) is 0 Å². The molecule has 2 aromatic rings. The lowest BCUT2D eigenvalue weighted by atomic mass is 9.97. The normalized spacial score (nSPS) is 12.5. The molecule has 1 aromatic heterocycles. The highest BCUT2D eigenvalue weighted by atomic mass is 19.1. The van der Waals surface area contributed by atoms with Crippen LogP contribution in [-0.2, 0) is 22.4 Å². The minimum atomic E-state index is -0.689. The molecule has 1 aromatic carbocycles. The van der Waals surface area contributed by atoms with Crippen LogP contribution in [0.3, 0.4) is 0 Å². The van der Waals surface area contributed by atoms with Crippen molar-refractivity contribution in [2.24, 2.45) is 5.92 Å². The molecule has 2 rings (SSSR count). The molecular weight excluding hydrogens is 376 g/mol. The lowest BCUT2D eigenvalue weighted by Gasteiger charge is -2.21. The highest BCUT2D eigenvalue weighted by molar-refractivity contribution is 5.70. The Kier molecular flexibility index (Phi) is 7.65. The van der Waals surface area contributed by atoms with Gasteiger partial charge in [-0.15, -0.1) is 0 Å². The van der Waals surface area contributed by atoms with Crippen LogP contribution in [0.1, 0.15) is 58.7 Å². The first-order valence-corrected chi connectivity index (χ1v) is 9.85. The Labute approximate surface area is 170 Å². The Bertz CT molecular complexity index is 850. The third kappa shape index (κ3) is 7.07. The topological polar surface area (TPSA) is 64.1 Å². The summed E-state index contributed by atoms with van der Waals surface area (Å²) in [4.78, 5) is 20.8. The molecule has 0 amide bonds. The number of hydrogen-bond donors (Lipinski definition) is 1. The van der Waals surface area contributed by atoms with Crippen molar-refractivity contribution in [3.63, 3.8) is 0 Å². The Morgan fingerprint density at radius 1 is 1.24 bits per heavy atom. The van der Waals surface area contributed by atoms with Crippen molar-refractivity contribution in [1.82, 2.24) is 9.97 Å². The summed E-state index contributed by atoms with van der Waals surface area (Å²) in [6.45, 7) is 9.52. The van der Waals surface area contributed by atoms with Gasteiger partial charge in [0, 0.05) is 23.7 Å². The monoisotopic (exact) mass is 405 g/mol. The number of nitrogens with zero attached hydrogens (tertiary/aromatic N) is 2. The zero-order valence-electron chi connectivity index (χ0n) is 17.7. The van der Waals surface area contributed by atoms with Gasteiger partial charge >= 0.3 is 5.97 Å². The molecular formula is C22H29F2N3O2. The van der Waals surface area contributed by atoms with Gasteiger partial charge in [0.05, 0.1) is 5.69 Å². The quantitative estimate of drug-likeness (QED) is 0.599. The zero-order chi connectivity index (χ0) is 21.6. The van der Waals surface area contributed by atoms with Crippen LogP contribution in [0.15, 0.2) is 24.5 Å². The first-order chi connectivity index (χ1) is 13.6. The van der Waals surface area contributed by atoms with Crippen LogP contribution in [0, 0.1) is 17.6 Å². The standard InChI is InChI=1S/C22H29F2N3O2/c1-6-7-16-19(10-14(2)11-20(28)29-22(3,4)5)25-13-26-21(16)27-18-9-8-15(23)12-17(18)24/h8-9,12-14H,6-7,10-11H2,1-5H3,(H,25,26,27). The Morgan fingerprint density at radius 2 is 1.97 bits per heavy atom. The average molecular weight is 405 g/mol. The van der Waals surface area contributed by atoms with Crippen LogP contribution in [0.2, 0.25) is 0 Å². The number of halogens is 2. The van der Waals surface area contributed by atoms with Gasteiger partial charge in [0.15, 0.2) is 0 Å². The predicted octanol–water partition coefficient (Wildman–Crippen LogP) is 5.36. The zero-order valence-corrected chi connectivity index (χ0v) is 17.7. The van der Waals surface area contributed by atoms with Crippen LogP contribution in [-0.4, -0.2) is 21.5 Å². The van der Waals surface area contributed by atoms with Crippen LogP contribution >= 0.6 is 0 Å². The molecule has 0 spiro atoms. The largest absolute Gasteiger partial charge is 0.460 e. The van der Waals surface area contributed by atoms with Crippen molar-refractivity contribution in [2.75, 3.05) is 5.32 Å². The van der Waals surface area contributed by atoms with Crippen molar-refractivity contribution < 1.29 is 18.3 Å². The van der Waals surface area contributed by atoms with Crippen molar-refractivity contribution in [3.8, 4) is 0 Å². The van der Waals surface area contributed by atoms with Gasteiger partial charge in [-0.1, -0.05) is 20.3 Å². The molecule has 1 unspecified atom stereocenters. The summed E-state index contributed by atoms with van der Waals surface area (Å²) in [5, 5.41) is 2.95. The van der Waals surface area contributed by atoms with Crippen molar-refractivity contribution in [2.45, 2.75) is 65.9 Å². The smallest absolute Gasteiger partial charge is 0.306 e. The van der Waals surface area contributed by atoms with Gasteiger partial charge in [-0.3, -0.25) is 4.79 Å². The van der Waals surface area contributed by atoms with E-state index < -0.39 is 17.2 Å². The number of carbonyl (C=O) groups is 1. The maximum atomic E-state index is 14.0. The summed E-state index contributed by atoms with van der Waals surface area (Å²) in [5.74, 6) is -1.06. The molecule has 0 saturated heterocycles. The molecule has 0 fully saturated rings. The fourth-order valence-corrected chi connectivity index (χ4v) is 3.03. The number of nitrogens with one attached hydrogen (secondary N) is 1. The van der Waals surface area contributed by atoms with E-state index in [9.17, 15) is 13.6 Å². The summed E-state index contributed by atoms with van der Waals surface area (Å²) >= 11 is 0. The highest BCUT2D eigenvalue weighted by Gasteiger charge is 2.21. The Balaban J connectivity index is 2.20. The fraction of sp³-hybridized carbons (Fsp3) is 0.500. The highest BCUT2D eigenvalue weighted by Crippen LogP contribution is 2.26. The van der Waals surface area contributed by atoms with Gasteiger partial charge in [0.1, 0.15) is 29.4 Å². The third-order valence-corrected chi connectivity index (χ3v) is 4.20. The lowest BCUT2D eigenvalue weighted by molar-refractivity contribution is -0.155. The van der Waals surface area contributed by atoms with Crippen molar-refractivity contribution in [3.05, 3.63) is 47.4 Å². The maximum Gasteiger partial charge on any atom is 0.306 e. The van der Waals surface area contributed by atoms with Gasteiger partial charge < -0.3 is 10.1 Å². The summed E-state index contributed by atoms with van der Waals surface area (Å²) in [6.07, 6.45) is 3.81. The van der Waals surface area contributed by atoms with Gasteiger partial charge in [-0.05, 0) is 51.7 Å². The minimum Gasteiger partial charge on any atom is -0.460 e.